The van der Waals surface area contributed by atoms with Crippen LogP contribution in [0.3, 0.4) is 0 Å². The molecule has 3 aromatic carbocycles. The molecular weight excluding hydrogens is 522 g/mol. The van der Waals surface area contributed by atoms with Gasteiger partial charge in [0, 0.05) is 44.2 Å². The Hall–Kier alpha value is -3.77. The lowest BCUT2D eigenvalue weighted by atomic mass is 9.55. The van der Waals surface area contributed by atoms with Crippen molar-refractivity contribution in [1.29, 1.82) is 0 Å². The number of hydrogen-bond acceptors (Lipinski definition) is 4. The number of likely N-dealkylation sites (tertiary alicyclic amines) is 1. The minimum absolute atomic E-state index is 0.0520. The van der Waals surface area contributed by atoms with E-state index in [-0.39, 0.29) is 11.8 Å². The summed E-state index contributed by atoms with van der Waals surface area (Å²) in [4.78, 5) is 40.0. The highest BCUT2D eigenvalue weighted by Gasteiger charge is 2.46. The van der Waals surface area contributed by atoms with Crippen LogP contribution in [0.1, 0.15) is 73.2 Å². The third kappa shape index (κ3) is 7.54. The van der Waals surface area contributed by atoms with Gasteiger partial charge in [-0.1, -0.05) is 54.6 Å². The highest BCUT2D eigenvalue weighted by molar-refractivity contribution is 5.91. The van der Waals surface area contributed by atoms with Gasteiger partial charge in [0.15, 0.2) is 0 Å². The Morgan fingerprint density at radius 2 is 1.60 bits per heavy atom. The molecule has 220 valence electrons. The molecular formula is C36H43N3O3. The van der Waals surface area contributed by atoms with Crippen molar-refractivity contribution in [2.45, 2.75) is 57.3 Å². The Kier molecular flexibility index (Phi) is 9.85. The summed E-state index contributed by atoms with van der Waals surface area (Å²) in [7, 11) is 1.87. The molecule has 1 saturated carbocycles. The molecule has 1 aliphatic carbocycles. The van der Waals surface area contributed by atoms with E-state index in [1.54, 1.807) is 24.3 Å². The third-order valence-corrected chi connectivity index (χ3v) is 9.31. The quantitative estimate of drug-likeness (QED) is 0.194. The maximum atomic E-state index is 12.7. The summed E-state index contributed by atoms with van der Waals surface area (Å²) in [6.07, 6.45) is 8.26. The van der Waals surface area contributed by atoms with Gasteiger partial charge in [0.05, 0.1) is 0 Å². The molecule has 0 bridgehead atoms. The number of rotatable bonds is 12. The van der Waals surface area contributed by atoms with E-state index in [4.69, 9.17) is 0 Å². The fourth-order valence-corrected chi connectivity index (χ4v) is 6.67. The maximum Gasteiger partial charge on any atom is 0.224 e. The van der Waals surface area contributed by atoms with Gasteiger partial charge in [-0.25, -0.2) is 0 Å². The molecule has 6 heteroatoms. The second-order valence-corrected chi connectivity index (χ2v) is 12.2. The van der Waals surface area contributed by atoms with Crippen LogP contribution in [0.4, 0.5) is 5.69 Å². The zero-order chi connectivity index (χ0) is 29.4. The van der Waals surface area contributed by atoms with Crippen molar-refractivity contribution in [2.75, 3.05) is 38.5 Å². The zero-order valence-corrected chi connectivity index (χ0v) is 24.8. The van der Waals surface area contributed by atoms with Gasteiger partial charge in [0.25, 0.3) is 0 Å². The molecule has 3 aromatic rings. The minimum atomic E-state index is -0.0520. The summed E-state index contributed by atoms with van der Waals surface area (Å²) in [5.41, 5.74) is 5.92. The standard InChI is InChI=1S/C36H43N3O3/c1-38(21-8-7-13-34(41)37-31-16-14-28(27-40)15-17-31)35(42)18-22-39-23-19-36(20-24-39)25-30(26-36)33-12-6-5-11-32(33)29-9-3-2-4-10-29/h2-6,9-12,14-17,27,30H,7-8,13,18-26H2,1H3,(H,37,41). The number of piperidine rings is 1. The molecule has 0 atom stereocenters. The molecule has 2 aliphatic rings. The van der Waals surface area contributed by atoms with E-state index in [1.807, 2.05) is 11.9 Å². The first kappa shape index (κ1) is 29.7. The maximum absolute atomic E-state index is 12.7. The van der Waals surface area contributed by atoms with Crippen LogP contribution in [-0.2, 0) is 9.59 Å². The average molecular weight is 566 g/mol. The fourth-order valence-electron chi connectivity index (χ4n) is 6.67. The van der Waals surface area contributed by atoms with Crippen molar-refractivity contribution in [2.24, 2.45) is 5.41 Å². The normalized spacial score (nSPS) is 16.5. The first-order valence-corrected chi connectivity index (χ1v) is 15.4. The van der Waals surface area contributed by atoms with Crippen LogP contribution in [-0.4, -0.2) is 61.1 Å². The molecule has 1 aliphatic heterocycles. The van der Waals surface area contributed by atoms with Gasteiger partial charge < -0.3 is 15.1 Å². The van der Waals surface area contributed by atoms with Crippen molar-refractivity contribution in [3.63, 3.8) is 0 Å². The lowest BCUT2D eigenvalue weighted by molar-refractivity contribution is -0.130. The molecule has 2 amide bonds. The SMILES string of the molecule is CN(CCCCC(=O)Nc1ccc(C=O)cc1)C(=O)CCN1CCC2(CC1)CC(c1ccccc1-c1ccccc1)C2. The van der Waals surface area contributed by atoms with Gasteiger partial charge >= 0.3 is 0 Å². The van der Waals surface area contributed by atoms with Crippen molar-refractivity contribution < 1.29 is 14.4 Å². The topological polar surface area (TPSA) is 69.7 Å². The summed E-state index contributed by atoms with van der Waals surface area (Å²) in [5, 5.41) is 2.85. The van der Waals surface area contributed by atoms with Gasteiger partial charge in [0.1, 0.15) is 6.29 Å². The molecule has 5 rings (SSSR count). The number of carbonyl (C=O) groups is 3. The van der Waals surface area contributed by atoms with Crippen molar-refractivity contribution in [3.05, 3.63) is 90.0 Å². The molecule has 1 saturated heterocycles. The van der Waals surface area contributed by atoms with Gasteiger partial charge in [-0.15, -0.1) is 0 Å². The first-order valence-electron chi connectivity index (χ1n) is 15.4. The molecule has 42 heavy (non-hydrogen) atoms. The number of unbranched alkanes of at least 4 members (excludes halogenated alkanes) is 1. The van der Waals surface area contributed by atoms with E-state index in [0.717, 1.165) is 38.8 Å². The molecule has 0 radical (unpaired) electrons. The minimum Gasteiger partial charge on any atom is -0.346 e. The lowest BCUT2D eigenvalue weighted by Crippen LogP contribution is -2.47. The second kappa shape index (κ2) is 13.9. The summed E-state index contributed by atoms with van der Waals surface area (Å²) in [5.74, 6) is 0.768. The molecule has 6 nitrogen and oxygen atoms in total. The number of anilines is 1. The van der Waals surface area contributed by atoms with Gasteiger partial charge in [-0.2, -0.15) is 0 Å². The largest absolute Gasteiger partial charge is 0.346 e. The summed E-state index contributed by atoms with van der Waals surface area (Å²) >= 11 is 0. The number of nitrogens with one attached hydrogen (secondary N) is 1. The molecule has 2 fully saturated rings. The summed E-state index contributed by atoms with van der Waals surface area (Å²) < 4.78 is 0. The Labute approximate surface area is 250 Å². The Balaban J connectivity index is 0.969. The first-order chi connectivity index (χ1) is 20.4. The highest BCUT2D eigenvalue weighted by Crippen LogP contribution is 2.57. The van der Waals surface area contributed by atoms with E-state index < -0.39 is 0 Å². The van der Waals surface area contributed by atoms with Crippen LogP contribution in [0.2, 0.25) is 0 Å². The van der Waals surface area contributed by atoms with Crippen molar-refractivity contribution in [1.82, 2.24) is 9.80 Å². The van der Waals surface area contributed by atoms with E-state index in [1.165, 1.54) is 42.4 Å². The third-order valence-electron chi connectivity index (χ3n) is 9.31. The predicted molar refractivity (Wildman–Crippen MR) is 169 cm³/mol. The second-order valence-electron chi connectivity index (χ2n) is 12.2. The van der Waals surface area contributed by atoms with Crippen LogP contribution >= 0.6 is 0 Å². The van der Waals surface area contributed by atoms with E-state index in [9.17, 15) is 14.4 Å². The molecule has 1 N–H and O–H groups in total. The molecule has 0 unspecified atom stereocenters. The van der Waals surface area contributed by atoms with Crippen LogP contribution in [0.15, 0.2) is 78.9 Å². The van der Waals surface area contributed by atoms with E-state index >= 15 is 0 Å². The van der Waals surface area contributed by atoms with Crippen LogP contribution in [0.25, 0.3) is 11.1 Å². The predicted octanol–water partition coefficient (Wildman–Crippen LogP) is 6.78. The van der Waals surface area contributed by atoms with Crippen LogP contribution in [0, 0.1) is 5.41 Å². The molecule has 1 spiro atoms. The van der Waals surface area contributed by atoms with Crippen LogP contribution < -0.4 is 5.32 Å². The Morgan fingerprint density at radius 3 is 2.31 bits per heavy atom. The number of hydrogen-bond donors (Lipinski definition) is 1. The number of nitrogens with zero attached hydrogens (tertiary/aromatic N) is 2. The van der Waals surface area contributed by atoms with Crippen molar-refractivity contribution in [3.8, 4) is 11.1 Å². The zero-order valence-electron chi connectivity index (χ0n) is 24.8. The molecule has 1 heterocycles. The van der Waals surface area contributed by atoms with Gasteiger partial charge in [-0.05, 0) is 104 Å². The monoisotopic (exact) mass is 565 g/mol. The van der Waals surface area contributed by atoms with E-state index in [2.05, 4.69) is 64.8 Å². The number of benzene rings is 3. The number of amides is 2. The van der Waals surface area contributed by atoms with Crippen LogP contribution in [0.5, 0.6) is 0 Å². The van der Waals surface area contributed by atoms with E-state index in [0.29, 0.717) is 42.0 Å². The van der Waals surface area contributed by atoms with Gasteiger partial charge in [-0.3, -0.25) is 14.4 Å². The Bertz CT molecular complexity index is 1340. The Morgan fingerprint density at radius 1 is 0.905 bits per heavy atom. The lowest BCUT2D eigenvalue weighted by Gasteiger charge is -2.53. The average Bonchev–Trinajstić information content (AvgIpc) is 3.02. The smallest absolute Gasteiger partial charge is 0.224 e. The molecule has 0 aromatic heterocycles. The summed E-state index contributed by atoms with van der Waals surface area (Å²) in [6, 6.07) is 26.5. The highest BCUT2D eigenvalue weighted by atomic mass is 16.2. The van der Waals surface area contributed by atoms with Crippen molar-refractivity contribution >= 4 is 23.8 Å². The number of aldehydes is 1. The fraction of sp³-hybridized carbons (Fsp3) is 0.417. The van der Waals surface area contributed by atoms with Gasteiger partial charge in [0.2, 0.25) is 11.8 Å². The summed E-state index contributed by atoms with van der Waals surface area (Å²) in [6.45, 7) is 3.65. The number of carbonyl (C=O) groups excluding carboxylic acids is 3.